The number of ketones is 1. The molecule has 0 saturated heterocycles. The largest absolute Gasteiger partial charge is 0.494 e. The Bertz CT molecular complexity index is 1250. The van der Waals surface area contributed by atoms with Gasteiger partial charge in [0.2, 0.25) is 0 Å². The van der Waals surface area contributed by atoms with Gasteiger partial charge >= 0.3 is 0 Å². The second-order valence-corrected chi connectivity index (χ2v) is 8.44. The number of Topliss-reactive ketones (excluding diaryl/α,β-unsaturated/α-hetero) is 1. The van der Waals surface area contributed by atoms with Crippen LogP contribution < -0.4 is 15.4 Å². The molecule has 0 aliphatic heterocycles. The lowest BCUT2D eigenvalue weighted by molar-refractivity contribution is 0.0948. The summed E-state index contributed by atoms with van der Waals surface area (Å²) in [5.41, 5.74) is 4.11. The Morgan fingerprint density at radius 3 is 2.03 bits per heavy atom. The first-order chi connectivity index (χ1) is 17.6. The first kappa shape index (κ1) is 24.7. The van der Waals surface area contributed by atoms with Crippen molar-refractivity contribution < 1.29 is 14.3 Å². The molecule has 0 saturated carbocycles. The van der Waals surface area contributed by atoms with Crippen molar-refractivity contribution >= 4 is 17.4 Å². The van der Waals surface area contributed by atoms with Crippen LogP contribution in [0.15, 0.2) is 109 Å². The van der Waals surface area contributed by atoms with Crippen molar-refractivity contribution in [1.82, 2.24) is 5.32 Å². The minimum atomic E-state index is -0.244. The molecule has 36 heavy (non-hydrogen) atoms. The molecule has 0 fully saturated rings. The molecule has 4 aromatic carbocycles. The average Bonchev–Trinajstić information content (AvgIpc) is 2.93. The highest BCUT2D eigenvalue weighted by Gasteiger charge is 2.18. The molecule has 0 spiro atoms. The van der Waals surface area contributed by atoms with Crippen LogP contribution in [0.2, 0.25) is 0 Å². The summed E-state index contributed by atoms with van der Waals surface area (Å²) in [5.74, 6) is 0.715. The number of nitrogens with one attached hydrogen (secondary N) is 2. The number of benzene rings is 4. The van der Waals surface area contributed by atoms with Gasteiger partial charge in [-0.15, -0.1) is 0 Å². The first-order valence-corrected chi connectivity index (χ1v) is 12.1. The zero-order valence-electron chi connectivity index (χ0n) is 20.3. The molecule has 0 unspecified atom stereocenters. The lowest BCUT2D eigenvalue weighted by Gasteiger charge is -2.21. The van der Waals surface area contributed by atoms with Gasteiger partial charge in [0.15, 0.2) is 5.78 Å². The SMILES string of the molecule is CCOc1ccc([C@H](CC(=O)c2ccccc2)Nc2ccc(C(=O)NCc3ccccc3)cc2)cc1. The molecule has 5 nitrogen and oxygen atoms in total. The standard InChI is InChI=1S/C31H30N2O3/c1-2-36-28-19-15-24(16-20-28)29(21-30(34)25-11-7-4-8-12-25)33-27-17-13-26(14-18-27)31(35)32-22-23-9-5-3-6-10-23/h3-20,29,33H,2,21-22H2,1H3,(H,32,35)/t29-/m0/s1. The van der Waals surface area contributed by atoms with E-state index in [9.17, 15) is 9.59 Å². The van der Waals surface area contributed by atoms with Crippen LogP contribution in [0.5, 0.6) is 5.75 Å². The van der Waals surface area contributed by atoms with Crippen LogP contribution in [0.25, 0.3) is 0 Å². The van der Waals surface area contributed by atoms with Crippen molar-refractivity contribution in [2.75, 3.05) is 11.9 Å². The zero-order chi connectivity index (χ0) is 25.2. The second kappa shape index (κ2) is 12.4. The molecule has 182 valence electrons. The lowest BCUT2D eigenvalue weighted by Crippen LogP contribution is -2.22. The monoisotopic (exact) mass is 478 g/mol. The molecule has 4 aromatic rings. The van der Waals surface area contributed by atoms with Crippen LogP contribution in [0, 0.1) is 0 Å². The van der Waals surface area contributed by atoms with Crippen LogP contribution in [-0.4, -0.2) is 18.3 Å². The molecule has 1 atom stereocenters. The van der Waals surface area contributed by atoms with Gasteiger partial charge in [-0.3, -0.25) is 9.59 Å². The summed E-state index contributed by atoms with van der Waals surface area (Å²) < 4.78 is 5.57. The van der Waals surface area contributed by atoms with Crippen molar-refractivity contribution in [1.29, 1.82) is 0 Å². The van der Waals surface area contributed by atoms with Crippen LogP contribution in [0.3, 0.4) is 0 Å². The minimum absolute atomic E-state index is 0.0545. The summed E-state index contributed by atoms with van der Waals surface area (Å²) in [7, 11) is 0. The molecule has 4 rings (SSSR count). The molecular weight excluding hydrogens is 448 g/mol. The summed E-state index contributed by atoms with van der Waals surface area (Å²) in [4.78, 5) is 25.6. The lowest BCUT2D eigenvalue weighted by atomic mass is 9.97. The average molecular weight is 479 g/mol. The summed E-state index contributed by atoms with van der Waals surface area (Å²) in [6, 6.07) is 34.0. The maximum atomic E-state index is 13.0. The van der Waals surface area contributed by atoms with Gasteiger partial charge in [0.05, 0.1) is 12.6 Å². The number of hydrogen-bond acceptors (Lipinski definition) is 4. The van der Waals surface area contributed by atoms with E-state index in [4.69, 9.17) is 4.74 Å². The first-order valence-electron chi connectivity index (χ1n) is 12.1. The van der Waals surface area contributed by atoms with Crippen LogP contribution >= 0.6 is 0 Å². The van der Waals surface area contributed by atoms with E-state index in [0.29, 0.717) is 24.3 Å². The van der Waals surface area contributed by atoms with E-state index in [2.05, 4.69) is 10.6 Å². The molecule has 0 aliphatic carbocycles. The van der Waals surface area contributed by atoms with Crippen LogP contribution in [0.4, 0.5) is 5.69 Å². The number of amides is 1. The topological polar surface area (TPSA) is 67.4 Å². The summed E-state index contributed by atoms with van der Waals surface area (Å²) in [5, 5.41) is 6.42. The van der Waals surface area contributed by atoms with Crippen LogP contribution in [0.1, 0.15) is 51.2 Å². The van der Waals surface area contributed by atoms with Gasteiger partial charge in [0, 0.05) is 29.8 Å². The quantitative estimate of drug-likeness (QED) is 0.243. The number of hydrogen-bond donors (Lipinski definition) is 2. The van der Waals surface area contributed by atoms with Gasteiger partial charge in [-0.1, -0.05) is 72.8 Å². The molecule has 0 radical (unpaired) electrons. The number of carbonyl (C=O) groups excluding carboxylic acids is 2. The Morgan fingerprint density at radius 1 is 0.750 bits per heavy atom. The molecule has 0 bridgehead atoms. The van der Waals surface area contributed by atoms with E-state index in [-0.39, 0.29) is 24.2 Å². The van der Waals surface area contributed by atoms with E-state index < -0.39 is 0 Å². The van der Waals surface area contributed by atoms with E-state index in [1.165, 1.54) is 0 Å². The highest BCUT2D eigenvalue weighted by atomic mass is 16.5. The fraction of sp³-hybridized carbons (Fsp3) is 0.161. The zero-order valence-corrected chi connectivity index (χ0v) is 20.3. The van der Waals surface area contributed by atoms with Crippen molar-refractivity contribution in [3.63, 3.8) is 0 Å². The van der Waals surface area contributed by atoms with Gasteiger partial charge in [0.25, 0.3) is 5.91 Å². The Morgan fingerprint density at radius 2 is 1.39 bits per heavy atom. The van der Waals surface area contributed by atoms with Crippen LogP contribution in [-0.2, 0) is 6.54 Å². The van der Waals surface area contributed by atoms with Crippen molar-refractivity contribution in [2.24, 2.45) is 0 Å². The Labute approximate surface area is 212 Å². The van der Waals surface area contributed by atoms with Gasteiger partial charge in [-0.25, -0.2) is 0 Å². The highest BCUT2D eigenvalue weighted by molar-refractivity contribution is 5.97. The molecule has 0 heterocycles. The maximum Gasteiger partial charge on any atom is 0.251 e. The summed E-state index contributed by atoms with van der Waals surface area (Å²) in [6.45, 7) is 3.02. The van der Waals surface area contributed by atoms with Crippen molar-refractivity contribution in [3.8, 4) is 5.75 Å². The van der Waals surface area contributed by atoms with E-state index >= 15 is 0 Å². The number of rotatable bonds is 11. The Hall–Kier alpha value is -4.38. The highest BCUT2D eigenvalue weighted by Crippen LogP contribution is 2.26. The molecule has 2 N–H and O–H groups in total. The van der Waals surface area contributed by atoms with E-state index in [1.807, 2.05) is 104 Å². The molecule has 1 amide bonds. The third-order valence-corrected chi connectivity index (χ3v) is 5.86. The molecule has 0 aliphatic rings. The van der Waals surface area contributed by atoms with Gasteiger partial charge in [0.1, 0.15) is 5.75 Å². The second-order valence-electron chi connectivity index (χ2n) is 8.44. The van der Waals surface area contributed by atoms with Crippen molar-refractivity contribution in [2.45, 2.75) is 25.9 Å². The maximum absolute atomic E-state index is 13.0. The summed E-state index contributed by atoms with van der Waals surface area (Å²) in [6.07, 6.45) is 0.289. The number of carbonyl (C=O) groups is 2. The minimum Gasteiger partial charge on any atom is -0.494 e. The molecule has 5 heteroatoms. The van der Waals surface area contributed by atoms with Crippen molar-refractivity contribution in [3.05, 3.63) is 131 Å². The number of ether oxygens (including phenoxy) is 1. The third kappa shape index (κ3) is 6.83. The van der Waals surface area contributed by atoms with Gasteiger partial charge in [-0.2, -0.15) is 0 Å². The number of anilines is 1. The third-order valence-electron chi connectivity index (χ3n) is 5.86. The van der Waals surface area contributed by atoms with Gasteiger partial charge < -0.3 is 15.4 Å². The summed E-state index contributed by atoms with van der Waals surface area (Å²) >= 11 is 0. The fourth-order valence-electron chi connectivity index (χ4n) is 3.94. The predicted octanol–water partition coefficient (Wildman–Crippen LogP) is 6.44. The van der Waals surface area contributed by atoms with E-state index in [0.717, 1.165) is 22.6 Å². The predicted molar refractivity (Wildman–Crippen MR) is 143 cm³/mol. The molecular formula is C31H30N2O3. The Balaban J connectivity index is 1.46. The van der Waals surface area contributed by atoms with Gasteiger partial charge in [-0.05, 0) is 54.4 Å². The smallest absolute Gasteiger partial charge is 0.251 e. The Kier molecular flexibility index (Phi) is 8.49. The fourth-order valence-corrected chi connectivity index (χ4v) is 3.94. The molecule has 0 aromatic heterocycles. The van der Waals surface area contributed by atoms with E-state index in [1.54, 1.807) is 12.1 Å². The normalized spacial score (nSPS) is 11.4.